The van der Waals surface area contributed by atoms with Crippen LogP contribution < -0.4 is 16.7 Å². The maximum absolute atomic E-state index is 11.5. The van der Waals surface area contributed by atoms with Gasteiger partial charge >= 0.3 is 5.69 Å². The minimum atomic E-state index is -0.265. The number of nitrogens with two attached hydrogens (primary N) is 1. The molecule has 0 bridgehead atoms. The summed E-state index contributed by atoms with van der Waals surface area (Å²) in [6.45, 7) is 19.6. The fourth-order valence-electron chi connectivity index (χ4n) is 2.97. The lowest BCUT2D eigenvalue weighted by Crippen LogP contribution is -2.38. The van der Waals surface area contributed by atoms with Crippen LogP contribution >= 0.6 is 0 Å². The summed E-state index contributed by atoms with van der Waals surface area (Å²) in [5, 5.41) is 2.62. The third-order valence-corrected chi connectivity index (χ3v) is 4.83. The van der Waals surface area contributed by atoms with Crippen molar-refractivity contribution in [1.82, 2.24) is 29.6 Å². The van der Waals surface area contributed by atoms with Crippen LogP contribution in [0.5, 0.6) is 0 Å². The predicted molar refractivity (Wildman–Crippen MR) is 164 cm³/mol. The maximum atomic E-state index is 11.5. The third kappa shape index (κ3) is 12.8. The second kappa shape index (κ2) is 17.4. The van der Waals surface area contributed by atoms with Crippen molar-refractivity contribution >= 4 is 23.9 Å². The molecule has 11 heteroatoms. The number of aromatic nitrogens is 2. The summed E-state index contributed by atoms with van der Waals surface area (Å²) < 4.78 is 1.56. The Hall–Kier alpha value is -4.15. The van der Waals surface area contributed by atoms with E-state index in [0.29, 0.717) is 35.4 Å². The van der Waals surface area contributed by atoms with Gasteiger partial charge in [0, 0.05) is 56.9 Å². The summed E-state index contributed by atoms with van der Waals surface area (Å²) in [6.07, 6.45) is 10.2. The van der Waals surface area contributed by atoms with Gasteiger partial charge in [-0.1, -0.05) is 28.0 Å². The van der Waals surface area contributed by atoms with Crippen molar-refractivity contribution in [3.8, 4) is 0 Å². The molecule has 1 aromatic heterocycles. The Labute approximate surface area is 234 Å². The van der Waals surface area contributed by atoms with Crippen LogP contribution in [0.15, 0.2) is 76.4 Å². The molecule has 0 aliphatic carbocycles. The molecule has 3 rings (SSSR count). The van der Waals surface area contributed by atoms with Crippen molar-refractivity contribution in [2.24, 2.45) is 15.7 Å². The SMILES string of the molecule is C.C.C=C1N=C(N)C=CN1C(C)C.C=C1NC(=O)C=CN1C(C)C.CC(C)n1ccc(N=CN(C)C)nc1=O. The lowest BCUT2D eigenvalue weighted by molar-refractivity contribution is -0.116. The molecule has 1 amide bonds. The van der Waals surface area contributed by atoms with E-state index in [2.05, 4.69) is 47.3 Å². The predicted octanol–water partition coefficient (Wildman–Crippen LogP) is 4.18. The van der Waals surface area contributed by atoms with Gasteiger partial charge in [0.05, 0.1) is 6.34 Å². The van der Waals surface area contributed by atoms with Gasteiger partial charge in [0.15, 0.2) is 5.82 Å². The number of rotatable bonds is 5. The van der Waals surface area contributed by atoms with Gasteiger partial charge in [-0.3, -0.25) is 9.36 Å². The highest BCUT2D eigenvalue weighted by molar-refractivity contribution is 5.92. The molecule has 11 nitrogen and oxygen atoms in total. The average Bonchev–Trinajstić information content (AvgIpc) is 2.77. The number of nitrogens with one attached hydrogen (secondary N) is 1. The molecule has 0 saturated heterocycles. The molecule has 0 radical (unpaired) electrons. The molecule has 218 valence electrons. The van der Waals surface area contributed by atoms with Crippen LogP contribution in [-0.2, 0) is 4.79 Å². The first-order chi connectivity index (χ1) is 17.2. The molecule has 3 N–H and O–H groups in total. The number of hydrogen-bond donors (Lipinski definition) is 2. The van der Waals surface area contributed by atoms with Crippen molar-refractivity contribution in [2.45, 2.75) is 74.5 Å². The van der Waals surface area contributed by atoms with Gasteiger partial charge in [0.25, 0.3) is 5.91 Å². The minimum Gasteiger partial charge on any atom is -0.384 e. The molecule has 0 atom stereocenters. The van der Waals surface area contributed by atoms with Crippen molar-refractivity contribution in [3.05, 3.63) is 72.1 Å². The quantitative estimate of drug-likeness (QED) is 0.422. The van der Waals surface area contributed by atoms with E-state index in [-0.39, 0.29) is 32.5 Å². The van der Waals surface area contributed by atoms with E-state index in [1.165, 1.54) is 6.08 Å². The van der Waals surface area contributed by atoms with Crippen LogP contribution in [0, 0.1) is 0 Å². The zero-order valence-corrected chi connectivity index (χ0v) is 23.2. The molecule has 0 fully saturated rings. The molecular formula is C28H49N9O2. The lowest BCUT2D eigenvalue weighted by Gasteiger charge is -2.29. The van der Waals surface area contributed by atoms with E-state index >= 15 is 0 Å². The first-order valence-corrected chi connectivity index (χ1v) is 12.0. The second-order valence-corrected chi connectivity index (χ2v) is 9.30. The van der Waals surface area contributed by atoms with E-state index in [4.69, 9.17) is 5.73 Å². The molecule has 0 spiro atoms. The van der Waals surface area contributed by atoms with Gasteiger partial charge in [0.2, 0.25) is 0 Å². The molecule has 0 aromatic carbocycles. The fourth-order valence-corrected chi connectivity index (χ4v) is 2.97. The molecule has 2 aliphatic rings. The highest BCUT2D eigenvalue weighted by Crippen LogP contribution is 2.13. The molecule has 2 aliphatic heterocycles. The highest BCUT2D eigenvalue weighted by Gasteiger charge is 2.14. The van der Waals surface area contributed by atoms with Crippen molar-refractivity contribution in [1.29, 1.82) is 0 Å². The summed E-state index contributed by atoms with van der Waals surface area (Å²) in [6, 6.07) is 2.56. The first kappa shape index (κ1) is 37.0. The Bertz CT molecular complexity index is 1120. The Morgan fingerprint density at radius 2 is 1.54 bits per heavy atom. The maximum Gasteiger partial charge on any atom is 0.349 e. The van der Waals surface area contributed by atoms with Crippen molar-refractivity contribution in [3.63, 3.8) is 0 Å². The Kier molecular flexibility index (Phi) is 16.5. The largest absolute Gasteiger partial charge is 0.384 e. The molecule has 3 heterocycles. The second-order valence-electron chi connectivity index (χ2n) is 9.30. The number of amides is 1. The zero-order valence-electron chi connectivity index (χ0n) is 23.2. The average molecular weight is 544 g/mol. The summed E-state index contributed by atoms with van der Waals surface area (Å²) in [5.74, 6) is 2.21. The standard InChI is InChI=1S/C10H16N4O.C8H13N3.C8H12N2O.2CH4/c1-8(2)14-6-5-9(12-10(14)15)11-7-13(3)4;1-6(2)11-5-4-8(9)10-7(11)3;1-6(2)10-5-4-8(11)9-7(10)3;;/h5-8H,1-4H3;4-6H,3H2,1-2H3,(H2,9,10);4-6H,3H2,1-2H3,(H,9,11);2*1H4. The third-order valence-electron chi connectivity index (χ3n) is 4.83. The molecule has 0 saturated carbocycles. The summed E-state index contributed by atoms with van der Waals surface area (Å²) in [4.78, 5) is 39.8. The first-order valence-electron chi connectivity index (χ1n) is 12.0. The number of nitrogens with zero attached hydrogens (tertiary/aromatic N) is 7. The highest BCUT2D eigenvalue weighted by atomic mass is 16.2. The van der Waals surface area contributed by atoms with E-state index in [1.54, 1.807) is 40.3 Å². The molecule has 0 unspecified atom stereocenters. The Balaban J connectivity index is 0. The van der Waals surface area contributed by atoms with E-state index in [9.17, 15) is 9.59 Å². The van der Waals surface area contributed by atoms with Crippen LogP contribution in [0.2, 0.25) is 0 Å². The number of carbonyl (C=O) groups is 1. The van der Waals surface area contributed by atoms with Crippen molar-refractivity contribution < 1.29 is 4.79 Å². The van der Waals surface area contributed by atoms with Gasteiger partial charge in [-0.25, -0.2) is 14.8 Å². The summed E-state index contributed by atoms with van der Waals surface area (Å²) in [7, 11) is 3.72. The van der Waals surface area contributed by atoms with Gasteiger partial charge < -0.3 is 25.8 Å². The number of hydrogen-bond acceptors (Lipinski definition) is 8. The van der Waals surface area contributed by atoms with Gasteiger partial charge in [-0.05, 0) is 53.7 Å². The zero-order chi connectivity index (χ0) is 28.3. The van der Waals surface area contributed by atoms with E-state index in [0.717, 1.165) is 0 Å². The van der Waals surface area contributed by atoms with Crippen molar-refractivity contribution in [2.75, 3.05) is 14.1 Å². The van der Waals surface area contributed by atoms with Gasteiger partial charge in [-0.2, -0.15) is 4.98 Å². The lowest BCUT2D eigenvalue weighted by atomic mass is 10.3. The monoisotopic (exact) mass is 543 g/mol. The van der Waals surface area contributed by atoms with Gasteiger partial charge in [-0.15, -0.1) is 0 Å². The topological polar surface area (TPSA) is 124 Å². The van der Waals surface area contributed by atoms with Crippen LogP contribution in [0.1, 0.15) is 62.4 Å². The smallest absolute Gasteiger partial charge is 0.349 e. The van der Waals surface area contributed by atoms with Crippen LogP contribution in [0.3, 0.4) is 0 Å². The number of amidine groups is 1. The molecule has 1 aromatic rings. The Morgan fingerprint density at radius 1 is 0.974 bits per heavy atom. The van der Waals surface area contributed by atoms with E-state index in [1.807, 2.05) is 57.8 Å². The van der Waals surface area contributed by atoms with Crippen LogP contribution in [-0.4, -0.2) is 68.5 Å². The number of carbonyl (C=O) groups excluding carboxylic acids is 1. The molecule has 39 heavy (non-hydrogen) atoms. The van der Waals surface area contributed by atoms with E-state index < -0.39 is 0 Å². The fraction of sp³-hybridized carbons (Fsp3) is 0.464. The normalized spacial score (nSPS) is 14.2. The summed E-state index contributed by atoms with van der Waals surface area (Å²) in [5.41, 5.74) is 5.20. The van der Waals surface area contributed by atoms with Gasteiger partial charge in [0.1, 0.15) is 17.5 Å². The van der Waals surface area contributed by atoms with Crippen LogP contribution in [0.25, 0.3) is 0 Å². The summed E-state index contributed by atoms with van der Waals surface area (Å²) >= 11 is 0. The minimum absolute atomic E-state index is 0. The number of aliphatic imine (C=N–C) groups is 2. The molecular weight excluding hydrogens is 494 g/mol. The Morgan fingerprint density at radius 3 is 1.97 bits per heavy atom. The van der Waals surface area contributed by atoms with Crippen LogP contribution in [0.4, 0.5) is 5.82 Å².